The molecule has 8 heteroatoms. The van der Waals surface area contributed by atoms with Gasteiger partial charge in [-0.1, -0.05) is 43.8 Å². The number of benzene rings is 2. The maximum atomic E-state index is 12.9. The highest BCUT2D eigenvalue weighted by Gasteiger charge is 2.23. The number of hydrogen-bond donors (Lipinski definition) is 0. The molecule has 0 aliphatic carbocycles. The Morgan fingerprint density at radius 3 is 2.39 bits per heavy atom. The van der Waals surface area contributed by atoms with Crippen molar-refractivity contribution in [2.45, 2.75) is 24.9 Å². The molecular weight excluding hydrogens is 434 g/mol. The van der Waals surface area contributed by atoms with E-state index in [-0.39, 0.29) is 5.91 Å². The van der Waals surface area contributed by atoms with Crippen LogP contribution in [0.25, 0.3) is 17.1 Å². The summed E-state index contributed by atoms with van der Waals surface area (Å²) < 4.78 is 7.40. The number of carbonyl (C=O) groups excluding carboxylic acids is 1. The van der Waals surface area contributed by atoms with E-state index in [2.05, 4.69) is 58.8 Å². The Balaban J connectivity index is 1.67. The van der Waals surface area contributed by atoms with Crippen molar-refractivity contribution in [3.8, 4) is 22.8 Å². The molecule has 1 aromatic heterocycles. The molecule has 0 N–H and O–H groups in total. The highest BCUT2D eigenvalue weighted by molar-refractivity contribution is 7.99. The monoisotopic (exact) mass is 465 g/mol. The number of ether oxygens (including phenoxy) is 1. The van der Waals surface area contributed by atoms with Crippen molar-refractivity contribution in [1.29, 1.82) is 0 Å². The zero-order valence-electron chi connectivity index (χ0n) is 19.7. The molecule has 1 aliphatic heterocycles. The first-order valence-electron chi connectivity index (χ1n) is 11.3. The number of aromatic nitrogens is 3. The van der Waals surface area contributed by atoms with E-state index < -0.39 is 0 Å². The number of hydrogen-bond acceptors (Lipinski definition) is 6. The average molecular weight is 466 g/mol. The van der Waals surface area contributed by atoms with Gasteiger partial charge in [0.2, 0.25) is 5.91 Å². The zero-order chi connectivity index (χ0) is 23.4. The van der Waals surface area contributed by atoms with Crippen molar-refractivity contribution in [3.05, 3.63) is 54.1 Å². The standard InChI is InChI=1S/C25H31N5O2S/c1-18(2)21-7-5-6-8-22(21)30-24(19-9-11-20(32-4)12-10-19)26-27-25(30)33-17-23(31)29-15-13-28(3)14-16-29/h5-12,18H,13-17H2,1-4H3. The number of thioether (sulfide) groups is 1. The van der Waals surface area contributed by atoms with E-state index in [9.17, 15) is 4.79 Å². The smallest absolute Gasteiger partial charge is 0.233 e. The Kier molecular flexibility index (Phi) is 7.35. The Bertz CT molecular complexity index is 1090. The summed E-state index contributed by atoms with van der Waals surface area (Å²) in [6.07, 6.45) is 0. The molecule has 0 bridgehead atoms. The Morgan fingerprint density at radius 1 is 1.03 bits per heavy atom. The molecule has 174 valence electrons. The van der Waals surface area contributed by atoms with Gasteiger partial charge in [0.25, 0.3) is 0 Å². The molecule has 4 rings (SSSR count). The zero-order valence-corrected chi connectivity index (χ0v) is 20.5. The van der Waals surface area contributed by atoms with Crippen LogP contribution < -0.4 is 4.74 Å². The summed E-state index contributed by atoms with van der Waals surface area (Å²) in [5.74, 6) is 2.36. The van der Waals surface area contributed by atoms with E-state index in [0.29, 0.717) is 11.7 Å². The second-order valence-electron chi connectivity index (χ2n) is 8.56. The number of likely N-dealkylation sites (N-methyl/N-ethyl adjacent to an activating group) is 1. The molecule has 1 aliphatic rings. The predicted octanol–water partition coefficient (Wildman–Crippen LogP) is 3.93. The molecule has 0 unspecified atom stereocenters. The van der Waals surface area contributed by atoms with Gasteiger partial charge in [-0.2, -0.15) is 0 Å². The van der Waals surface area contributed by atoms with Crippen LogP contribution in [0.15, 0.2) is 53.7 Å². The summed E-state index contributed by atoms with van der Waals surface area (Å²) >= 11 is 1.45. The van der Waals surface area contributed by atoms with Gasteiger partial charge in [0.05, 0.1) is 18.6 Å². The largest absolute Gasteiger partial charge is 0.497 e. The minimum Gasteiger partial charge on any atom is -0.497 e. The van der Waals surface area contributed by atoms with Crippen LogP contribution in [0.4, 0.5) is 0 Å². The van der Waals surface area contributed by atoms with Crippen molar-refractivity contribution in [2.24, 2.45) is 0 Å². The molecule has 2 aromatic carbocycles. The highest BCUT2D eigenvalue weighted by atomic mass is 32.2. The topological polar surface area (TPSA) is 63.5 Å². The number of rotatable bonds is 7. The van der Waals surface area contributed by atoms with Crippen molar-refractivity contribution >= 4 is 17.7 Å². The van der Waals surface area contributed by atoms with E-state index in [1.165, 1.54) is 17.3 Å². The number of nitrogens with zero attached hydrogens (tertiary/aromatic N) is 5. The maximum Gasteiger partial charge on any atom is 0.233 e. The van der Waals surface area contributed by atoms with Crippen LogP contribution in [-0.4, -0.2) is 76.6 Å². The SMILES string of the molecule is COc1ccc(-c2nnc(SCC(=O)N3CCN(C)CC3)n2-c2ccccc2C(C)C)cc1. The van der Waals surface area contributed by atoms with Gasteiger partial charge in [-0.25, -0.2) is 0 Å². The third-order valence-electron chi connectivity index (χ3n) is 5.96. The summed E-state index contributed by atoms with van der Waals surface area (Å²) in [7, 11) is 3.74. The number of para-hydroxylation sites is 1. The first-order valence-corrected chi connectivity index (χ1v) is 12.2. The van der Waals surface area contributed by atoms with Gasteiger partial charge in [0.15, 0.2) is 11.0 Å². The van der Waals surface area contributed by atoms with Gasteiger partial charge in [0, 0.05) is 31.7 Å². The molecule has 1 saturated heterocycles. The fourth-order valence-corrected chi connectivity index (χ4v) is 4.81. The Labute approximate surface area is 199 Å². The molecular formula is C25H31N5O2S. The number of methoxy groups -OCH3 is 1. The van der Waals surface area contributed by atoms with Gasteiger partial charge < -0.3 is 14.5 Å². The first-order chi connectivity index (χ1) is 16.0. The van der Waals surface area contributed by atoms with Crippen LogP contribution in [0, 0.1) is 0 Å². The van der Waals surface area contributed by atoms with Crippen molar-refractivity contribution < 1.29 is 9.53 Å². The lowest BCUT2D eigenvalue weighted by Crippen LogP contribution is -2.47. The predicted molar refractivity (Wildman–Crippen MR) is 132 cm³/mol. The lowest BCUT2D eigenvalue weighted by atomic mass is 10.0. The van der Waals surface area contributed by atoms with Gasteiger partial charge in [0.1, 0.15) is 5.75 Å². The second kappa shape index (κ2) is 10.4. The summed E-state index contributed by atoms with van der Waals surface area (Å²) in [4.78, 5) is 17.1. The molecule has 0 atom stereocenters. The van der Waals surface area contributed by atoms with Crippen molar-refractivity contribution in [3.63, 3.8) is 0 Å². The summed E-state index contributed by atoms with van der Waals surface area (Å²) in [5, 5.41) is 9.76. The van der Waals surface area contributed by atoms with E-state index in [1.54, 1.807) is 7.11 Å². The normalized spacial score (nSPS) is 14.6. The van der Waals surface area contributed by atoms with Crippen molar-refractivity contribution in [2.75, 3.05) is 46.1 Å². The minimum atomic E-state index is 0.144. The molecule has 0 spiro atoms. The van der Waals surface area contributed by atoms with Crippen LogP contribution in [0.3, 0.4) is 0 Å². The molecule has 1 fully saturated rings. The molecule has 3 aromatic rings. The van der Waals surface area contributed by atoms with Crippen LogP contribution in [-0.2, 0) is 4.79 Å². The highest BCUT2D eigenvalue weighted by Crippen LogP contribution is 2.32. The molecule has 33 heavy (non-hydrogen) atoms. The van der Waals surface area contributed by atoms with Gasteiger partial charge in [-0.15, -0.1) is 10.2 Å². The minimum absolute atomic E-state index is 0.144. The number of amides is 1. The van der Waals surface area contributed by atoms with Crippen LogP contribution >= 0.6 is 11.8 Å². The van der Waals surface area contributed by atoms with Crippen molar-refractivity contribution in [1.82, 2.24) is 24.6 Å². The third kappa shape index (κ3) is 5.23. The van der Waals surface area contributed by atoms with E-state index >= 15 is 0 Å². The second-order valence-corrected chi connectivity index (χ2v) is 9.50. The van der Waals surface area contributed by atoms with E-state index in [0.717, 1.165) is 54.2 Å². The fraction of sp³-hybridized carbons (Fsp3) is 0.400. The van der Waals surface area contributed by atoms with E-state index in [4.69, 9.17) is 4.74 Å². The van der Waals surface area contributed by atoms with Gasteiger partial charge in [-0.3, -0.25) is 9.36 Å². The lowest BCUT2D eigenvalue weighted by molar-refractivity contribution is -0.129. The molecule has 7 nitrogen and oxygen atoms in total. The summed E-state index contributed by atoms with van der Waals surface area (Å²) in [6.45, 7) is 7.73. The van der Waals surface area contributed by atoms with Gasteiger partial charge >= 0.3 is 0 Å². The summed E-state index contributed by atoms with van der Waals surface area (Å²) in [5.41, 5.74) is 3.19. The van der Waals surface area contributed by atoms with E-state index in [1.807, 2.05) is 35.2 Å². The maximum absolute atomic E-state index is 12.9. The van der Waals surface area contributed by atoms with Crippen LogP contribution in [0.5, 0.6) is 5.75 Å². The average Bonchev–Trinajstić information content (AvgIpc) is 3.26. The molecule has 1 amide bonds. The van der Waals surface area contributed by atoms with Gasteiger partial charge in [-0.05, 0) is 48.9 Å². The molecule has 2 heterocycles. The summed E-state index contributed by atoms with van der Waals surface area (Å²) in [6, 6.07) is 16.1. The lowest BCUT2D eigenvalue weighted by Gasteiger charge is -2.32. The fourth-order valence-electron chi connectivity index (χ4n) is 3.96. The quantitative estimate of drug-likeness (QED) is 0.493. The Morgan fingerprint density at radius 2 is 1.73 bits per heavy atom. The molecule has 0 radical (unpaired) electrons. The Hall–Kier alpha value is -2.84. The van der Waals surface area contributed by atoms with Crippen LogP contribution in [0.2, 0.25) is 0 Å². The third-order valence-corrected chi connectivity index (χ3v) is 6.88. The first kappa shape index (κ1) is 23.3. The molecule has 0 saturated carbocycles. The number of piperazine rings is 1. The van der Waals surface area contributed by atoms with Crippen LogP contribution in [0.1, 0.15) is 25.3 Å². The number of carbonyl (C=O) groups is 1.